The average Bonchev–Trinajstić information content (AvgIpc) is 3.37. The first kappa shape index (κ1) is 29.4. The van der Waals surface area contributed by atoms with E-state index in [1.165, 1.54) is 0 Å². The molecule has 38 heavy (non-hydrogen) atoms. The Labute approximate surface area is 231 Å². The zero-order valence-corrected chi connectivity index (χ0v) is 21.4. The van der Waals surface area contributed by atoms with Crippen molar-refractivity contribution in [2.75, 3.05) is 33.0 Å². The van der Waals surface area contributed by atoms with Gasteiger partial charge in [-0.05, 0) is 19.1 Å². The number of carboxylic acid groups (broad SMARTS) is 1. The largest absolute Gasteiger partial charge is 1.00 e. The SMILES string of the molecule is CCOC(=O)c1c2ccccc2nn1CC1COC1.O=C(O)c1c2ccccc2nn1CC1COC1.[Li+].[OH-]. The van der Waals surface area contributed by atoms with Gasteiger partial charge in [-0.2, -0.15) is 10.2 Å². The number of hydrogen-bond acceptors (Lipinski definition) is 8. The van der Waals surface area contributed by atoms with Crippen molar-refractivity contribution in [2.24, 2.45) is 11.8 Å². The molecule has 2 N–H and O–H groups in total. The third kappa shape index (κ3) is 6.09. The quantitative estimate of drug-likeness (QED) is 0.266. The van der Waals surface area contributed by atoms with Crippen molar-refractivity contribution in [3.05, 3.63) is 59.9 Å². The molecule has 4 aromatic rings. The second kappa shape index (κ2) is 13.0. The molecule has 11 nitrogen and oxygen atoms in total. The minimum absolute atomic E-state index is 0. The van der Waals surface area contributed by atoms with Gasteiger partial charge in [0.25, 0.3) is 0 Å². The standard InChI is InChI=1S/C14H16N2O3.C12H12N2O3.Li.H2O/c1-2-19-14(17)13-11-5-3-4-6-12(11)15-16(13)7-10-8-18-9-10;15-12(16)11-9-3-1-2-4-10(9)13-14(11)5-8-6-17-7-8;;/h3-6,10H,2,7-9H2,1H3;1-4,8H,5-7H2,(H,15,16);;1H2/q;;+1;/p-1. The zero-order chi connectivity index (χ0) is 25.1. The van der Waals surface area contributed by atoms with E-state index in [1.807, 2.05) is 42.5 Å². The molecule has 4 heterocycles. The number of aromatic carboxylic acids is 1. The van der Waals surface area contributed by atoms with Crippen LogP contribution in [0.25, 0.3) is 21.8 Å². The van der Waals surface area contributed by atoms with Crippen molar-refractivity contribution >= 4 is 33.7 Å². The predicted octanol–water partition coefficient (Wildman–Crippen LogP) is 0.0675. The number of esters is 1. The number of aromatic nitrogens is 4. The van der Waals surface area contributed by atoms with Crippen molar-refractivity contribution < 1.29 is 53.2 Å². The van der Waals surface area contributed by atoms with Gasteiger partial charge in [-0.3, -0.25) is 9.36 Å². The van der Waals surface area contributed by atoms with Crippen LogP contribution in [0.15, 0.2) is 48.5 Å². The van der Waals surface area contributed by atoms with E-state index in [2.05, 4.69) is 10.2 Å². The third-order valence-corrected chi connectivity index (χ3v) is 6.24. The molecule has 6 rings (SSSR count). The van der Waals surface area contributed by atoms with Crippen LogP contribution < -0.4 is 18.9 Å². The van der Waals surface area contributed by atoms with Gasteiger partial charge in [0.05, 0.1) is 44.1 Å². The molecule has 196 valence electrons. The summed E-state index contributed by atoms with van der Waals surface area (Å²) in [6.07, 6.45) is 0. The molecular weight excluding hydrogens is 487 g/mol. The van der Waals surface area contributed by atoms with E-state index in [1.54, 1.807) is 22.4 Å². The summed E-state index contributed by atoms with van der Waals surface area (Å²) in [6, 6.07) is 14.9. The summed E-state index contributed by atoms with van der Waals surface area (Å²) in [6.45, 7) is 6.33. The summed E-state index contributed by atoms with van der Waals surface area (Å²) in [4.78, 5) is 23.4. The van der Waals surface area contributed by atoms with Crippen LogP contribution in [0.1, 0.15) is 27.9 Å². The normalized spacial score (nSPS) is 14.9. The van der Waals surface area contributed by atoms with Crippen molar-refractivity contribution in [2.45, 2.75) is 20.0 Å². The van der Waals surface area contributed by atoms with Crippen molar-refractivity contribution in [1.29, 1.82) is 0 Å². The van der Waals surface area contributed by atoms with Gasteiger partial charge in [0.1, 0.15) is 0 Å². The minimum Gasteiger partial charge on any atom is -0.870 e. The van der Waals surface area contributed by atoms with Gasteiger partial charge in [-0.25, -0.2) is 9.59 Å². The first-order chi connectivity index (χ1) is 17.5. The first-order valence-corrected chi connectivity index (χ1v) is 12.0. The molecule has 0 aliphatic carbocycles. The van der Waals surface area contributed by atoms with Gasteiger partial charge in [0, 0.05) is 35.7 Å². The van der Waals surface area contributed by atoms with Crippen molar-refractivity contribution in [1.82, 2.24) is 19.6 Å². The number of ether oxygens (including phenoxy) is 3. The summed E-state index contributed by atoms with van der Waals surface area (Å²) >= 11 is 0. The number of carboxylic acids is 1. The van der Waals surface area contributed by atoms with Gasteiger partial charge in [-0.1, -0.05) is 36.4 Å². The van der Waals surface area contributed by atoms with Gasteiger partial charge in [-0.15, -0.1) is 0 Å². The van der Waals surface area contributed by atoms with E-state index in [4.69, 9.17) is 14.2 Å². The molecule has 0 bridgehead atoms. The fourth-order valence-electron chi connectivity index (χ4n) is 4.33. The fraction of sp³-hybridized carbons (Fsp3) is 0.385. The van der Waals surface area contributed by atoms with Crippen LogP contribution in [0, 0.1) is 11.8 Å². The van der Waals surface area contributed by atoms with Crippen LogP contribution in [0.5, 0.6) is 0 Å². The molecule has 2 aliphatic rings. The summed E-state index contributed by atoms with van der Waals surface area (Å²) in [5.41, 5.74) is 2.37. The van der Waals surface area contributed by atoms with Crippen LogP contribution >= 0.6 is 0 Å². The van der Waals surface area contributed by atoms with Gasteiger partial charge in [0.2, 0.25) is 0 Å². The number of fused-ring (bicyclic) bond motifs is 2. The molecule has 0 amide bonds. The second-order valence-electron chi connectivity index (χ2n) is 8.93. The third-order valence-electron chi connectivity index (χ3n) is 6.24. The molecule has 2 saturated heterocycles. The van der Waals surface area contributed by atoms with Gasteiger partial charge in [0.15, 0.2) is 11.4 Å². The first-order valence-electron chi connectivity index (χ1n) is 12.0. The number of nitrogens with zero attached hydrogens (tertiary/aromatic N) is 4. The van der Waals surface area contributed by atoms with Gasteiger partial charge >= 0.3 is 30.8 Å². The molecule has 0 unspecified atom stereocenters. The molecule has 2 aromatic carbocycles. The molecule has 2 fully saturated rings. The van der Waals surface area contributed by atoms with E-state index in [0.29, 0.717) is 55.8 Å². The number of hydrogen-bond donors (Lipinski definition) is 1. The fourth-order valence-corrected chi connectivity index (χ4v) is 4.33. The molecule has 2 aliphatic heterocycles. The molecule has 0 spiro atoms. The van der Waals surface area contributed by atoms with Crippen LogP contribution in [0.4, 0.5) is 0 Å². The Morgan fingerprint density at radius 2 is 1.32 bits per heavy atom. The van der Waals surface area contributed by atoms with Crippen molar-refractivity contribution in [3.63, 3.8) is 0 Å². The number of carbonyl (C=O) groups excluding carboxylic acids is 1. The van der Waals surface area contributed by atoms with E-state index < -0.39 is 5.97 Å². The second-order valence-corrected chi connectivity index (χ2v) is 8.93. The van der Waals surface area contributed by atoms with E-state index in [-0.39, 0.29) is 36.0 Å². The van der Waals surface area contributed by atoms with Crippen molar-refractivity contribution in [3.8, 4) is 0 Å². The van der Waals surface area contributed by atoms with Crippen LogP contribution in [-0.4, -0.2) is 75.1 Å². The molecule has 12 heteroatoms. The predicted molar refractivity (Wildman–Crippen MR) is 133 cm³/mol. The average molecular weight is 516 g/mol. The Kier molecular flexibility index (Phi) is 10.1. The smallest absolute Gasteiger partial charge is 0.870 e. The monoisotopic (exact) mass is 516 g/mol. The Hall–Kier alpha value is -3.20. The molecular formula is C26H29LiN4O7. The van der Waals surface area contributed by atoms with Crippen LogP contribution in [0.2, 0.25) is 0 Å². The molecule has 2 aromatic heterocycles. The van der Waals surface area contributed by atoms with E-state index >= 15 is 0 Å². The summed E-state index contributed by atoms with van der Waals surface area (Å²) in [5.74, 6) is -0.430. The van der Waals surface area contributed by atoms with Crippen LogP contribution in [0.3, 0.4) is 0 Å². The van der Waals surface area contributed by atoms with E-state index in [0.717, 1.165) is 29.6 Å². The number of carbonyl (C=O) groups is 2. The Bertz CT molecular complexity index is 1400. The van der Waals surface area contributed by atoms with E-state index in [9.17, 15) is 14.7 Å². The zero-order valence-electron chi connectivity index (χ0n) is 21.4. The maximum atomic E-state index is 12.1. The minimum atomic E-state index is -0.932. The maximum Gasteiger partial charge on any atom is 1.00 e. The van der Waals surface area contributed by atoms with Crippen LogP contribution in [-0.2, 0) is 27.3 Å². The molecule has 0 atom stereocenters. The Morgan fingerprint density at radius 3 is 1.74 bits per heavy atom. The maximum absolute atomic E-state index is 12.1. The summed E-state index contributed by atoms with van der Waals surface area (Å²) in [5, 5.41) is 19.6. The topological polar surface area (TPSA) is 148 Å². The number of rotatable bonds is 7. The molecule has 0 radical (unpaired) electrons. The number of benzene rings is 2. The molecule has 0 saturated carbocycles. The van der Waals surface area contributed by atoms with Gasteiger partial charge < -0.3 is 24.8 Å². The Balaban J connectivity index is 0.000000201. The summed E-state index contributed by atoms with van der Waals surface area (Å²) < 4.78 is 18.7. The summed E-state index contributed by atoms with van der Waals surface area (Å²) in [7, 11) is 0. The Morgan fingerprint density at radius 1 is 0.868 bits per heavy atom.